The number of aromatic nitrogens is 4. The van der Waals surface area contributed by atoms with Gasteiger partial charge in [0.15, 0.2) is 5.82 Å². The molecule has 0 unspecified atom stereocenters. The number of imidazole rings is 1. The zero-order valence-electron chi connectivity index (χ0n) is 9.30. The molecular formula is C8H12N5O4P. The van der Waals surface area contributed by atoms with Crippen LogP contribution in [0.15, 0.2) is 12.7 Å². The molecule has 0 aromatic heterocycles. The smallest absolute Gasteiger partial charge is 0.350 e. The zero-order chi connectivity index (χ0) is 13.2. The van der Waals surface area contributed by atoms with Crippen LogP contribution in [0, 0.1) is 0 Å². The molecular weight excluding hydrogens is 261 g/mol. The molecule has 2 heterocycles. The van der Waals surface area contributed by atoms with Gasteiger partial charge in [-0.3, -0.25) is 4.57 Å². The second-order valence-electron chi connectivity index (χ2n) is 3.57. The van der Waals surface area contributed by atoms with Crippen LogP contribution in [0.25, 0.3) is 11.5 Å². The lowest BCUT2D eigenvalue weighted by atomic mass is 10.4. The number of hydrogen-bond acceptors (Lipinski definition) is 6. The van der Waals surface area contributed by atoms with E-state index in [4.69, 9.17) is 20.3 Å². The van der Waals surface area contributed by atoms with Crippen molar-refractivity contribution in [3.8, 4) is 11.5 Å². The third kappa shape index (κ3) is 3.02. The van der Waals surface area contributed by atoms with Crippen molar-refractivity contribution in [1.82, 2.24) is 19.5 Å². The van der Waals surface area contributed by atoms with Gasteiger partial charge in [-0.15, -0.1) is 0 Å². The second-order valence-corrected chi connectivity index (χ2v) is 5.16. The molecule has 0 bridgehead atoms. The summed E-state index contributed by atoms with van der Waals surface area (Å²) in [5, 5.41) is 0. The van der Waals surface area contributed by atoms with Crippen LogP contribution >= 0.6 is 7.60 Å². The fourth-order valence-electron chi connectivity index (χ4n) is 1.38. The number of hydrogen-bond donors (Lipinski definition) is 3. The van der Waals surface area contributed by atoms with E-state index in [0.717, 1.165) is 0 Å². The molecule has 0 spiro atoms. The highest BCUT2D eigenvalue weighted by Gasteiger charge is 2.15. The number of rotatable bonds is 5. The predicted octanol–water partition coefficient (Wildman–Crippen LogP) is -0.488. The van der Waals surface area contributed by atoms with E-state index in [2.05, 4.69) is 15.0 Å². The second kappa shape index (κ2) is 4.99. The third-order valence-electron chi connectivity index (χ3n) is 2.19. The van der Waals surface area contributed by atoms with Gasteiger partial charge in [0, 0.05) is 6.54 Å². The number of nitrogen functional groups attached to an aromatic ring is 1. The molecule has 0 aromatic carbocycles. The molecule has 2 rings (SSSR count). The molecule has 0 aliphatic carbocycles. The topological polar surface area (TPSA) is 136 Å². The van der Waals surface area contributed by atoms with E-state index in [1.807, 2.05) is 0 Å². The number of anilines is 1. The number of ether oxygens (including phenoxy) is 1. The Balaban J connectivity index is 1.98. The summed E-state index contributed by atoms with van der Waals surface area (Å²) in [4.78, 5) is 29.1. The number of fused-ring (bicyclic) bond motifs is 1. The molecule has 0 amide bonds. The number of nitrogens with two attached hydrogens (primary N) is 1. The first-order chi connectivity index (χ1) is 8.47. The van der Waals surface area contributed by atoms with Crippen molar-refractivity contribution < 1.29 is 19.1 Å². The normalized spacial score (nSPS) is 12.1. The fraction of sp³-hybridized carbons (Fsp3) is 0.375. The van der Waals surface area contributed by atoms with E-state index in [-0.39, 0.29) is 6.61 Å². The van der Waals surface area contributed by atoms with E-state index in [9.17, 15) is 4.57 Å². The molecule has 0 radical (unpaired) electrons. The van der Waals surface area contributed by atoms with Gasteiger partial charge in [0.1, 0.15) is 24.2 Å². The number of nitrogens with zero attached hydrogens (tertiary/aromatic N) is 4. The van der Waals surface area contributed by atoms with Gasteiger partial charge in [-0.05, 0) is 0 Å². The van der Waals surface area contributed by atoms with Crippen molar-refractivity contribution in [1.29, 1.82) is 0 Å². The van der Waals surface area contributed by atoms with Crippen LogP contribution in [0.4, 0.5) is 5.82 Å². The zero-order valence-corrected chi connectivity index (χ0v) is 10.2. The first kappa shape index (κ1) is 12.9. The van der Waals surface area contributed by atoms with Gasteiger partial charge in [0.2, 0.25) is 0 Å². The van der Waals surface area contributed by atoms with Crippen LogP contribution in [0.2, 0.25) is 0 Å². The Morgan fingerprint density at radius 3 is 2.89 bits per heavy atom. The van der Waals surface area contributed by atoms with Gasteiger partial charge in [0.05, 0.1) is 12.9 Å². The monoisotopic (exact) mass is 273 g/mol. The van der Waals surface area contributed by atoms with Crippen LogP contribution < -0.4 is 5.73 Å². The molecule has 0 fully saturated rings. The van der Waals surface area contributed by atoms with E-state index < -0.39 is 13.9 Å². The molecule has 9 nitrogen and oxygen atoms in total. The van der Waals surface area contributed by atoms with Gasteiger partial charge >= 0.3 is 7.60 Å². The van der Waals surface area contributed by atoms with Gasteiger partial charge in [-0.25, -0.2) is 15.0 Å². The standard InChI is InChI=1S/C8H12N5O4P/c9-7-6-8(11-3-10-6)12-4-13(7)1-2-17-5-18(14,15)16/h3-4H,1-2,5,9H2,(H2,14,15,16). The lowest BCUT2D eigenvalue weighted by Gasteiger charge is -2.12. The van der Waals surface area contributed by atoms with Crippen molar-refractivity contribution in [2.75, 3.05) is 18.7 Å². The van der Waals surface area contributed by atoms with Crippen LogP contribution in [-0.4, -0.2) is 42.3 Å². The summed E-state index contributed by atoms with van der Waals surface area (Å²) < 4.78 is 17.0. The summed E-state index contributed by atoms with van der Waals surface area (Å²) in [5.41, 5.74) is 6.34. The summed E-state index contributed by atoms with van der Waals surface area (Å²) in [7, 11) is -4.13. The van der Waals surface area contributed by atoms with Crippen molar-refractivity contribution in [2.45, 2.75) is 6.54 Å². The molecule has 2 aliphatic heterocycles. The van der Waals surface area contributed by atoms with E-state index in [0.29, 0.717) is 23.9 Å². The Morgan fingerprint density at radius 1 is 1.39 bits per heavy atom. The van der Waals surface area contributed by atoms with E-state index >= 15 is 0 Å². The maximum atomic E-state index is 10.6. The molecule has 10 heteroatoms. The maximum absolute atomic E-state index is 10.6. The largest absolute Gasteiger partial charge is 0.383 e. The van der Waals surface area contributed by atoms with Crippen LogP contribution in [0.5, 0.6) is 0 Å². The minimum Gasteiger partial charge on any atom is -0.383 e. The Bertz CT molecular complexity index is 553. The van der Waals surface area contributed by atoms with E-state index in [1.165, 1.54) is 12.7 Å². The van der Waals surface area contributed by atoms with Gasteiger partial charge < -0.3 is 24.8 Å². The van der Waals surface area contributed by atoms with Crippen LogP contribution in [0.1, 0.15) is 0 Å². The molecule has 2 aliphatic rings. The van der Waals surface area contributed by atoms with E-state index in [1.54, 1.807) is 4.57 Å². The van der Waals surface area contributed by atoms with Crippen molar-refractivity contribution in [2.24, 2.45) is 0 Å². The molecule has 0 saturated carbocycles. The van der Waals surface area contributed by atoms with Crippen LogP contribution in [-0.2, 0) is 15.8 Å². The van der Waals surface area contributed by atoms with Crippen molar-refractivity contribution >= 4 is 13.4 Å². The minimum absolute atomic E-state index is 0.112. The quantitative estimate of drug-likeness (QED) is 0.490. The molecule has 0 aromatic rings. The molecule has 4 N–H and O–H groups in total. The Hall–Kier alpha value is -1.54. The predicted molar refractivity (Wildman–Crippen MR) is 61.7 cm³/mol. The highest BCUT2D eigenvalue weighted by molar-refractivity contribution is 7.51. The summed E-state index contributed by atoms with van der Waals surface area (Å²) in [5.74, 6) is 0.845. The first-order valence-corrected chi connectivity index (χ1v) is 6.81. The first-order valence-electron chi connectivity index (χ1n) is 5.01. The molecule has 0 saturated heterocycles. The Kier molecular flexibility index (Phi) is 3.58. The van der Waals surface area contributed by atoms with Gasteiger partial charge in [-0.2, -0.15) is 0 Å². The highest BCUT2D eigenvalue weighted by Crippen LogP contribution is 2.33. The lowest BCUT2D eigenvalue weighted by molar-refractivity contribution is 0.149. The molecule has 18 heavy (non-hydrogen) atoms. The van der Waals surface area contributed by atoms with Crippen molar-refractivity contribution in [3.63, 3.8) is 0 Å². The average Bonchev–Trinajstić information content (AvgIpc) is 2.74. The fourth-order valence-corrected chi connectivity index (χ4v) is 1.75. The van der Waals surface area contributed by atoms with Gasteiger partial charge in [0.25, 0.3) is 0 Å². The summed E-state index contributed by atoms with van der Waals surface area (Å²) >= 11 is 0. The SMILES string of the molecule is Nc1c2ncnc-2ncn1CCOCP(=O)(O)O. The Morgan fingerprint density at radius 2 is 2.17 bits per heavy atom. The van der Waals surface area contributed by atoms with Crippen LogP contribution in [0.3, 0.4) is 0 Å². The average molecular weight is 273 g/mol. The summed E-state index contributed by atoms with van der Waals surface area (Å²) in [6.07, 6.45) is 2.23. The molecule has 0 atom stereocenters. The van der Waals surface area contributed by atoms with Crippen molar-refractivity contribution in [3.05, 3.63) is 12.7 Å². The highest BCUT2D eigenvalue weighted by atomic mass is 31.2. The lowest BCUT2D eigenvalue weighted by Crippen LogP contribution is -2.13. The summed E-state index contributed by atoms with van der Waals surface area (Å²) in [6.45, 7) is 0.433. The minimum atomic E-state index is -4.13. The Labute approximate surface area is 102 Å². The molecule has 98 valence electrons. The maximum Gasteiger partial charge on any atom is 0.350 e. The summed E-state index contributed by atoms with van der Waals surface area (Å²) in [6, 6.07) is 0. The van der Waals surface area contributed by atoms with Gasteiger partial charge in [-0.1, -0.05) is 0 Å². The third-order valence-corrected chi connectivity index (χ3v) is 2.71.